The quantitative estimate of drug-likeness (QED) is 0.839. The number of nitrogens with zero attached hydrogens (tertiary/aromatic N) is 1. The van der Waals surface area contributed by atoms with E-state index in [1.807, 2.05) is 6.92 Å². The molecule has 0 aromatic rings. The van der Waals surface area contributed by atoms with Crippen molar-refractivity contribution in [1.29, 1.82) is 0 Å². The molecule has 17 heavy (non-hydrogen) atoms. The van der Waals surface area contributed by atoms with Crippen molar-refractivity contribution in [3.63, 3.8) is 0 Å². The summed E-state index contributed by atoms with van der Waals surface area (Å²) in [6.45, 7) is 2.01. The van der Waals surface area contributed by atoms with Crippen molar-refractivity contribution in [3.8, 4) is 0 Å². The van der Waals surface area contributed by atoms with E-state index in [2.05, 4.69) is 0 Å². The minimum absolute atomic E-state index is 0.0594. The number of thioether (sulfide) groups is 1. The molecule has 0 aromatic carbocycles. The minimum Gasteiger partial charge on any atom is -0.480 e. The van der Waals surface area contributed by atoms with Gasteiger partial charge in [0.1, 0.15) is 6.04 Å². The normalized spacial score (nSPS) is 29.8. The zero-order valence-corrected chi connectivity index (χ0v) is 10.9. The molecule has 0 bridgehead atoms. The Kier molecular flexibility index (Phi) is 3.97. The van der Waals surface area contributed by atoms with Crippen LogP contribution in [0.2, 0.25) is 0 Å². The third kappa shape index (κ3) is 2.44. The lowest BCUT2D eigenvalue weighted by molar-refractivity contribution is -0.150. The molecule has 0 radical (unpaired) electrons. The Morgan fingerprint density at radius 2 is 2.00 bits per heavy atom. The Morgan fingerprint density at radius 1 is 1.35 bits per heavy atom. The van der Waals surface area contributed by atoms with Crippen molar-refractivity contribution in [2.45, 2.75) is 50.4 Å². The molecule has 2 rings (SSSR count). The van der Waals surface area contributed by atoms with Crippen molar-refractivity contribution in [2.24, 2.45) is 5.92 Å². The topological polar surface area (TPSA) is 57.6 Å². The lowest BCUT2D eigenvalue weighted by Gasteiger charge is -2.29. The average Bonchev–Trinajstić information content (AvgIpc) is 2.96. The number of aliphatic carboxylic acids is 1. The smallest absolute Gasteiger partial charge is 0.327 e. The fourth-order valence-electron chi connectivity index (χ4n) is 2.75. The number of carboxylic acids is 1. The summed E-state index contributed by atoms with van der Waals surface area (Å²) in [7, 11) is 0. The van der Waals surface area contributed by atoms with Gasteiger partial charge in [0.2, 0.25) is 5.91 Å². The molecule has 1 amide bonds. The lowest BCUT2D eigenvalue weighted by atomic mass is 10.1. The number of amides is 1. The summed E-state index contributed by atoms with van der Waals surface area (Å²) < 4.78 is 0. The van der Waals surface area contributed by atoms with Gasteiger partial charge in [-0.05, 0) is 19.3 Å². The van der Waals surface area contributed by atoms with Crippen molar-refractivity contribution in [2.75, 3.05) is 5.75 Å². The van der Waals surface area contributed by atoms with Crippen LogP contribution in [0.5, 0.6) is 0 Å². The van der Waals surface area contributed by atoms with E-state index < -0.39 is 12.0 Å². The molecule has 4 nitrogen and oxygen atoms in total. The summed E-state index contributed by atoms with van der Waals surface area (Å²) >= 11 is 1.60. The number of hydrogen-bond donors (Lipinski definition) is 1. The van der Waals surface area contributed by atoms with Gasteiger partial charge >= 0.3 is 5.97 Å². The molecule has 0 aromatic heterocycles. The molecule has 1 aliphatic heterocycles. The zero-order valence-electron chi connectivity index (χ0n) is 10.1. The predicted molar refractivity (Wildman–Crippen MR) is 66.8 cm³/mol. The Hall–Kier alpha value is -0.710. The van der Waals surface area contributed by atoms with E-state index in [9.17, 15) is 14.7 Å². The Labute approximate surface area is 106 Å². The fourth-order valence-corrected chi connectivity index (χ4v) is 4.10. The van der Waals surface area contributed by atoms with E-state index in [0.717, 1.165) is 32.1 Å². The molecule has 2 atom stereocenters. The SMILES string of the molecule is CCC1SCC(C(=O)O)N1C(=O)C1CCCC1. The highest BCUT2D eigenvalue weighted by atomic mass is 32.2. The Balaban J connectivity index is 2.12. The number of hydrogen-bond acceptors (Lipinski definition) is 3. The van der Waals surface area contributed by atoms with E-state index in [-0.39, 0.29) is 17.2 Å². The van der Waals surface area contributed by atoms with Crippen LogP contribution in [0.1, 0.15) is 39.0 Å². The van der Waals surface area contributed by atoms with Crippen LogP contribution < -0.4 is 0 Å². The lowest BCUT2D eigenvalue weighted by Crippen LogP contribution is -2.47. The highest BCUT2D eigenvalue weighted by Gasteiger charge is 2.43. The second-order valence-corrected chi connectivity index (χ2v) is 5.99. The predicted octanol–water partition coefficient (Wildman–Crippen LogP) is 1.94. The van der Waals surface area contributed by atoms with Gasteiger partial charge in [0.25, 0.3) is 0 Å². The largest absolute Gasteiger partial charge is 0.480 e. The van der Waals surface area contributed by atoms with Gasteiger partial charge in [-0.15, -0.1) is 11.8 Å². The van der Waals surface area contributed by atoms with Crippen LogP contribution >= 0.6 is 11.8 Å². The molecule has 1 saturated carbocycles. The molecule has 0 spiro atoms. The second kappa shape index (κ2) is 5.29. The first-order valence-corrected chi connectivity index (χ1v) is 7.36. The third-order valence-electron chi connectivity index (χ3n) is 3.69. The third-order valence-corrected chi connectivity index (χ3v) is 5.14. The van der Waals surface area contributed by atoms with E-state index >= 15 is 0 Å². The molecular formula is C12H19NO3S. The van der Waals surface area contributed by atoms with Crippen molar-refractivity contribution >= 4 is 23.6 Å². The number of carboxylic acid groups (broad SMARTS) is 1. The van der Waals surface area contributed by atoms with Crippen molar-refractivity contribution in [1.82, 2.24) is 4.90 Å². The van der Waals surface area contributed by atoms with E-state index in [0.29, 0.717) is 5.75 Å². The van der Waals surface area contributed by atoms with E-state index in [4.69, 9.17) is 0 Å². The Morgan fingerprint density at radius 3 is 2.53 bits per heavy atom. The van der Waals surface area contributed by atoms with Gasteiger partial charge in [-0.1, -0.05) is 19.8 Å². The maximum Gasteiger partial charge on any atom is 0.327 e. The van der Waals surface area contributed by atoms with Crippen LogP contribution in [0, 0.1) is 5.92 Å². The number of carbonyl (C=O) groups is 2. The molecule has 1 saturated heterocycles. The fraction of sp³-hybridized carbons (Fsp3) is 0.833. The summed E-state index contributed by atoms with van der Waals surface area (Å²) in [5.74, 6) is -0.178. The van der Waals surface area contributed by atoms with E-state index in [1.54, 1.807) is 16.7 Å². The standard InChI is InChI=1S/C12H19NO3S/c1-2-10-13(9(7-17-10)12(15)16)11(14)8-5-3-4-6-8/h8-10H,2-7H2,1H3,(H,15,16). The molecule has 96 valence electrons. The van der Waals surface area contributed by atoms with Crippen molar-refractivity contribution in [3.05, 3.63) is 0 Å². The van der Waals surface area contributed by atoms with Crippen LogP contribution in [-0.2, 0) is 9.59 Å². The first-order valence-electron chi connectivity index (χ1n) is 6.31. The zero-order chi connectivity index (χ0) is 12.4. The summed E-state index contributed by atoms with van der Waals surface area (Å²) in [4.78, 5) is 25.2. The molecule has 2 aliphatic rings. The summed E-state index contributed by atoms with van der Waals surface area (Å²) in [5.41, 5.74) is 0. The molecule has 1 N–H and O–H groups in total. The highest BCUT2D eigenvalue weighted by Crippen LogP contribution is 2.35. The maximum atomic E-state index is 12.4. The molecule has 1 aliphatic carbocycles. The van der Waals surface area contributed by atoms with Crippen molar-refractivity contribution < 1.29 is 14.7 Å². The van der Waals surface area contributed by atoms with Gasteiger partial charge in [0, 0.05) is 11.7 Å². The molecule has 2 fully saturated rings. The minimum atomic E-state index is -0.861. The van der Waals surface area contributed by atoms with Gasteiger partial charge in [-0.2, -0.15) is 0 Å². The summed E-state index contributed by atoms with van der Waals surface area (Å²) in [5, 5.41) is 9.24. The van der Waals surface area contributed by atoms with Crippen LogP contribution in [0.3, 0.4) is 0 Å². The molecule has 2 unspecified atom stereocenters. The molecule has 5 heteroatoms. The number of rotatable bonds is 3. The molecular weight excluding hydrogens is 238 g/mol. The monoisotopic (exact) mass is 257 g/mol. The highest BCUT2D eigenvalue weighted by molar-refractivity contribution is 8.00. The van der Waals surface area contributed by atoms with Crippen LogP contribution in [0.4, 0.5) is 0 Å². The van der Waals surface area contributed by atoms with E-state index in [1.165, 1.54) is 0 Å². The summed E-state index contributed by atoms with van der Waals surface area (Å²) in [6.07, 6.45) is 4.90. The van der Waals surface area contributed by atoms with Crippen LogP contribution in [0.25, 0.3) is 0 Å². The molecule has 1 heterocycles. The first-order chi connectivity index (χ1) is 8.15. The van der Waals surface area contributed by atoms with Gasteiger partial charge < -0.3 is 10.0 Å². The average molecular weight is 257 g/mol. The summed E-state index contributed by atoms with van der Waals surface area (Å²) in [6, 6.07) is -0.613. The first kappa shape index (κ1) is 12.7. The second-order valence-electron chi connectivity index (χ2n) is 4.78. The van der Waals surface area contributed by atoms with Gasteiger partial charge in [-0.3, -0.25) is 4.79 Å². The van der Waals surface area contributed by atoms with Crippen LogP contribution in [0.15, 0.2) is 0 Å². The Bertz CT molecular complexity index is 315. The maximum absolute atomic E-state index is 12.4. The van der Waals surface area contributed by atoms with Gasteiger partial charge in [0.05, 0.1) is 5.37 Å². The number of carbonyl (C=O) groups excluding carboxylic acids is 1. The van der Waals surface area contributed by atoms with Crippen LogP contribution in [-0.4, -0.2) is 39.1 Å². The van der Waals surface area contributed by atoms with Gasteiger partial charge in [0.15, 0.2) is 0 Å². The van der Waals surface area contributed by atoms with Gasteiger partial charge in [-0.25, -0.2) is 4.79 Å².